The summed E-state index contributed by atoms with van der Waals surface area (Å²) in [7, 11) is 0. The lowest BCUT2D eigenvalue weighted by atomic mass is 9.92. The first kappa shape index (κ1) is 19.0. The SMILES string of the molecule is CCOC(=O)C(Cc1c[nH]c2cc(OCCCN)ccc12)c1ccccc1. The number of nitrogens with two attached hydrogens (primary N) is 1. The van der Waals surface area contributed by atoms with Crippen molar-refractivity contribution in [3.63, 3.8) is 0 Å². The predicted octanol–water partition coefficient (Wildman–Crippen LogP) is 3.78. The van der Waals surface area contributed by atoms with Crippen molar-refractivity contribution in [2.75, 3.05) is 19.8 Å². The van der Waals surface area contributed by atoms with Crippen LogP contribution in [0.15, 0.2) is 54.7 Å². The van der Waals surface area contributed by atoms with E-state index in [-0.39, 0.29) is 11.9 Å². The standard InChI is InChI=1S/C22H26N2O3/c1-2-26-22(25)20(16-7-4-3-5-8-16)13-17-15-24-21-14-18(9-10-19(17)21)27-12-6-11-23/h3-5,7-10,14-15,20,24H,2,6,11-13,23H2,1H3. The zero-order valence-corrected chi connectivity index (χ0v) is 15.6. The second kappa shape index (κ2) is 9.24. The molecule has 3 N–H and O–H groups in total. The molecule has 0 aliphatic rings. The fraction of sp³-hybridized carbons (Fsp3) is 0.318. The number of hydrogen-bond donors (Lipinski definition) is 2. The number of ether oxygens (including phenoxy) is 2. The van der Waals surface area contributed by atoms with Gasteiger partial charge >= 0.3 is 5.97 Å². The molecule has 0 saturated carbocycles. The van der Waals surface area contributed by atoms with Crippen LogP contribution in [0.5, 0.6) is 5.75 Å². The number of aromatic amines is 1. The van der Waals surface area contributed by atoms with E-state index in [9.17, 15) is 4.79 Å². The van der Waals surface area contributed by atoms with Crippen LogP contribution in [-0.2, 0) is 16.0 Å². The summed E-state index contributed by atoms with van der Waals surface area (Å²) in [6.45, 7) is 3.43. The third-order valence-electron chi connectivity index (χ3n) is 4.55. The van der Waals surface area contributed by atoms with E-state index in [1.165, 1.54) is 0 Å². The van der Waals surface area contributed by atoms with Gasteiger partial charge in [0.05, 0.1) is 19.1 Å². The fourth-order valence-corrected chi connectivity index (χ4v) is 3.18. The van der Waals surface area contributed by atoms with E-state index in [1.807, 2.05) is 61.7 Å². The van der Waals surface area contributed by atoms with E-state index in [0.717, 1.165) is 34.2 Å². The van der Waals surface area contributed by atoms with Crippen LogP contribution in [-0.4, -0.2) is 30.7 Å². The molecule has 1 atom stereocenters. The molecule has 1 unspecified atom stereocenters. The van der Waals surface area contributed by atoms with Gasteiger partial charge in [0.2, 0.25) is 0 Å². The van der Waals surface area contributed by atoms with Crippen molar-refractivity contribution in [1.29, 1.82) is 0 Å². The molecule has 0 bridgehead atoms. The van der Waals surface area contributed by atoms with Gasteiger partial charge < -0.3 is 20.2 Å². The van der Waals surface area contributed by atoms with Crippen LogP contribution in [0.1, 0.15) is 30.4 Å². The van der Waals surface area contributed by atoms with Gasteiger partial charge in [-0.05, 0) is 49.6 Å². The molecule has 3 aromatic rings. The van der Waals surface area contributed by atoms with Gasteiger partial charge in [-0.1, -0.05) is 30.3 Å². The molecular weight excluding hydrogens is 340 g/mol. The number of aromatic nitrogens is 1. The number of rotatable bonds is 9. The second-order valence-electron chi connectivity index (χ2n) is 6.43. The van der Waals surface area contributed by atoms with E-state index in [0.29, 0.717) is 26.2 Å². The number of fused-ring (bicyclic) bond motifs is 1. The van der Waals surface area contributed by atoms with E-state index in [2.05, 4.69) is 4.98 Å². The number of hydrogen-bond acceptors (Lipinski definition) is 4. The van der Waals surface area contributed by atoms with E-state index >= 15 is 0 Å². The first-order chi connectivity index (χ1) is 13.2. The molecule has 0 fully saturated rings. The maximum Gasteiger partial charge on any atom is 0.313 e. The van der Waals surface area contributed by atoms with Gasteiger partial charge in [-0.2, -0.15) is 0 Å². The third-order valence-corrected chi connectivity index (χ3v) is 4.55. The summed E-state index contributed by atoms with van der Waals surface area (Å²) >= 11 is 0. The molecule has 142 valence electrons. The van der Waals surface area contributed by atoms with Crippen LogP contribution in [0.3, 0.4) is 0 Å². The molecule has 0 radical (unpaired) electrons. The van der Waals surface area contributed by atoms with Crippen molar-refractivity contribution in [2.45, 2.75) is 25.7 Å². The Labute approximate surface area is 159 Å². The minimum atomic E-state index is -0.328. The number of carbonyl (C=O) groups is 1. The Morgan fingerprint density at radius 2 is 2.00 bits per heavy atom. The summed E-state index contributed by atoms with van der Waals surface area (Å²) in [5.41, 5.74) is 8.54. The van der Waals surface area contributed by atoms with Gasteiger partial charge in [0.1, 0.15) is 5.75 Å². The summed E-state index contributed by atoms with van der Waals surface area (Å²) in [6.07, 6.45) is 3.37. The zero-order valence-electron chi connectivity index (χ0n) is 15.6. The lowest BCUT2D eigenvalue weighted by Gasteiger charge is -2.15. The van der Waals surface area contributed by atoms with Crippen molar-refractivity contribution in [3.05, 3.63) is 65.9 Å². The third kappa shape index (κ3) is 4.68. The van der Waals surface area contributed by atoms with Crippen molar-refractivity contribution in [3.8, 4) is 5.75 Å². The average molecular weight is 366 g/mol. The highest BCUT2D eigenvalue weighted by Crippen LogP contribution is 2.29. The van der Waals surface area contributed by atoms with Gasteiger partial charge in [0.25, 0.3) is 0 Å². The molecule has 5 heteroatoms. The lowest BCUT2D eigenvalue weighted by Crippen LogP contribution is -2.18. The molecule has 0 aliphatic heterocycles. The molecule has 0 spiro atoms. The molecule has 2 aromatic carbocycles. The lowest BCUT2D eigenvalue weighted by molar-refractivity contribution is -0.144. The van der Waals surface area contributed by atoms with Gasteiger partial charge in [-0.15, -0.1) is 0 Å². The van der Waals surface area contributed by atoms with E-state index in [4.69, 9.17) is 15.2 Å². The van der Waals surface area contributed by atoms with E-state index < -0.39 is 0 Å². The Bertz CT molecular complexity index is 874. The Morgan fingerprint density at radius 1 is 1.19 bits per heavy atom. The molecule has 1 aromatic heterocycles. The summed E-state index contributed by atoms with van der Waals surface area (Å²) in [4.78, 5) is 15.8. The maximum absolute atomic E-state index is 12.5. The van der Waals surface area contributed by atoms with Gasteiger partial charge in [-0.3, -0.25) is 4.79 Å². The summed E-state index contributed by atoms with van der Waals surface area (Å²) in [5.74, 6) is 0.291. The topological polar surface area (TPSA) is 77.3 Å². The quantitative estimate of drug-likeness (QED) is 0.446. The highest BCUT2D eigenvalue weighted by molar-refractivity contribution is 5.86. The van der Waals surface area contributed by atoms with Crippen molar-refractivity contribution >= 4 is 16.9 Å². The summed E-state index contributed by atoms with van der Waals surface area (Å²) in [5, 5.41) is 1.09. The summed E-state index contributed by atoms with van der Waals surface area (Å²) < 4.78 is 11.0. The Hall–Kier alpha value is -2.79. The highest BCUT2D eigenvalue weighted by atomic mass is 16.5. The first-order valence-electron chi connectivity index (χ1n) is 9.37. The molecular formula is C22H26N2O3. The molecule has 3 rings (SSSR count). The van der Waals surface area contributed by atoms with Gasteiger partial charge in [0.15, 0.2) is 0 Å². The molecule has 0 saturated heterocycles. The largest absolute Gasteiger partial charge is 0.493 e. The van der Waals surface area contributed by atoms with Crippen molar-refractivity contribution < 1.29 is 14.3 Å². The highest BCUT2D eigenvalue weighted by Gasteiger charge is 2.23. The van der Waals surface area contributed by atoms with Gasteiger partial charge in [-0.25, -0.2) is 0 Å². The van der Waals surface area contributed by atoms with Crippen LogP contribution in [0.2, 0.25) is 0 Å². The van der Waals surface area contributed by atoms with Gasteiger partial charge in [0, 0.05) is 23.2 Å². The van der Waals surface area contributed by atoms with Crippen LogP contribution < -0.4 is 10.5 Å². The number of H-pyrrole nitrogens is 1. The van der Waals surface area contributed by atoms with Crippen LogP contribution >= 0.6 is 0 Å². The Kier molecular flexibility index (Phi) is 6.49. The minimum Gasteiger partial charge on any atom is -0.493 e. The van der Waals surface area contributed by atoms with Crippen LogP contribution in [0.25, 0.3) is 10.9 Å². The first-order valence-corrected chi connectivity index (χ1v) is 9.37. The number of carbonyl (C=O) groups excluding carboxylic acids is 1. The average Bonchev–Trinajstić information content (AvgIpc) is 3.09. The fourth-order valence-electron chi connectivity index (χ4n) is 3.18. The Morgan fingerprint density at radius 3 is 2.74 bits per heavy atom. The van der Waals surface area contributed by atoms with Crippen molar-refractivity contribution in [2.24, 2.45) is 5.73 Å². The molecule has 0 aliphatic carbocycles. The number of benzene rings is 2. The maximum atomic E-state index is 12.5. The molecule has 27 heavy (non-hydrogen) atoms. The Balaban J connectivity index is 1.83. The van der Waals surface area contributed by atoms with Crippen molar-refractivity contribution in [1.82, 2.24) is 4.98 Å². The summed E-state index contributed by atoms with van der Waals surface area (Å²) in [6, 6.07) is 15.8. The number of esters is 1. The van der Waals surface area contributed by atoms with E-state index in [1.54, 1.807) is 0 Å². The molecule has 0 amide bonds. The second-order valence-corrected chi connectivity index (χ2v) is 6.43. The normalized spacial score (nSPS) is 12.1. The zero-order chi connectivity index (χ0) is 19.1. The number of nitrogens with one attached hydrogen (secondary N) is 1. The minimum absolute atomic E-state index is 0.195. The monoisotopic (exact) mass is 366 g/mol. The van der Waals surface area contributed by atoms with Crippen LogP contribution in [0.4, 0.5) is 0 Å². The molecule has 1 heterocycles. The predicted molar refractivity (Wildman–Crippen MR) is 107 cm³/mol. The molecule has 5 nitrogen and oxygen atoms in total. The van der Waals surface area contributed by atoms with Crippen LogP contribution in [0, 0.1) is 0 Å². The smallest absolute Gasteiger partial charge is 0.313 e.